The minimum Gasteiger partial charge on any atom is -0.496 e. The van der Waals surface area contributed by atoms with Gasteiger partial charge in [-0.1, -0.05) is 6.07 Å². The van der Waals surface area contributed by atoms with Crippen LogP contribution in [0.15, 0.2) is 6.07 Å². The SMILES string of the molecule is CNC(CSC)c1c(C)cc(C)c(C)c1OC. The smallest absolute Gasteiger partial charge is 0.127 e. The first-order valence-electron chi connectivity index (χ1n) is 5.87. The van der Waals surface area contributed by atoms with Gasteiger partial charge in [0.15, 0.2) is 0 Å². The lowest BCUT2D eigenvalue weighted by molar-refractivity contribution is 0.400. The maximum Gasteiger partial charge on any atom is 0.127 e. The molecule has 3 heteroatoms. The van der Waals surface area contributed by atoms with Crippen LogP contribution in [-0.4, -0.2) is 26.2 Å². The molecule has 0 fully saturated rings. The molecule has 0 bridgehead atoms. The van der Waals surface area contributed by atoms with Crippen LogP contribution in [0.5, 0.6) is 5.75 Å². The minimum absolute atomic E-state index is 0.347. The summed E-state index contributed by atoms with van der Waals surface area (Å²) in [5, 5.41) is 3.38. The summed E-state index contributed by atoms with van der Waals surface area (Å²) in [7, 11) is 3.77. The van der Waals surface area contributed by atoms with Crippen molar-refractivity contribution >= 4 is 11.8 Å². The largest absolute Gasteiger partial charge is 0.496 e. The van der Waals surface area contributed by atoms with Crippen molar-refractivity contribution in [3.8, 4) is 5.75 Å². The molecule has 1 atom stereocenters. The molecule has 0 saturated carbocycles. The number of ether oxygens (including phenoxy) is 1. The van der Waals surface area contributed by atoms with E-state index in [1.54, 1.807) is 7.11 Å². The molecule has 1 aromatic carbocycles. The molecule has 0 radical (unpaired) electrons. The van der Waals surface area contributed by atoms with E-state index in [1.165, 1.54) is 22.3 Å². The standard InChI is InChI=1S/C14H23NOS/c1-9-7-10(2)13(12(15-4)8-17-6)14(16-5)11(9)3/h7,12,15H,8H2,1-6H3. The molecule has 96 valence electrons. The highest BCUT2D eigenvalue weighted by Gasteiger charge is 2.19. The number of hydrogen-bond donors (Lipinski definition) is 1. The number of nitrogens with one attached hydrogen (secondary N) is 1. The van der Waals surface area contributed by atoms with Crippen LogP contribution in [0.3, 0.4) is 0 Å². The molecule has 1 aromatic rings. The number of thioether (sulfide) groups is 1. The van der Waals surface area contributed by atoms with Crippen LogP contribution in [0.25, 0.3) is 0 Å². The lowest BCUT2D eigenvalue weighted by atomic mass is 9.95. The molecule has 1 rings (SSSR count). The highest BCUT2D eigenvalue weighted by atomic mass is 32.2. The first kappa shape index (κ1) is 14.4. The Morgan fingerprint density at radius 3 is 2.41 bits per heavy atom. The van der Waals surface area contributed by atoms with E-state index in [4.69, 9.17) is 4.74 Å². The quantitative estimate of drug-likeness (QED) is 0.870. The van der Waals surface area contributed by atoms with Gasteiger partial charge in [-0.05, 0) is 50.8 Å². The van der Waals surface area contributed by atoms with Gasteiger partial charge in [0.2, 0.25) is 0 Å². The topological polar surface area (TPSA) is 21.3 Å². The van der Waals surface area contributed by atoms with Crippen molar-refractivity contribution in [2.45, 2.75) is 26.8 Å². The summed E-state index contributed by atoms with van der Waals surface area (Å²) in [6, 6.07) is 2.59. The van der Waals surface area contributed by atoms with Crippen LogP contribution >= 0.6 is 11.8 Å². The molecule has 2 nitrogen and oxygen atoms in total. The number of rotatable bonds is 5. The maximum atomic E-state index is 5.62. The average molecular weight is 253 g/mol. The van der Waals surface area contributed by atoms with Gasteiger partial charge in [0, 0.05) is 17.4 Å². The monoisotopic (exact) mass is 253 g/mol. The third-order valence-corrected chi connectivity index (χ3v) is 3.94. The summed E-state index contributed by atoms with van der Waals surface area (Å²) >= 11 is 1.85. The average Bonchev–Trinajstić information content (AvgIpc) is 2.31. The molecule has 1 unspecified atom stereocenters. The van der Waals surface area contributed by atoms with Crippen molar-refractivity contribution in [3.05, 3.63) is 28.3 Å². The fourth-order valence-corrected chi connectivity index (χ4v) is 2.91. The van der Waals surface area contributed by atoms with Crippen LogP contribution in [0.4, 0.5) is 0 Å². The summed E-state index contributed by atoms with van der Waals surface area (Å²) in [6.45, 7) is 6.43. The predicted octanol–water partition coefficient (Wildman–Crippen LogP) is 3.24. The van der Waals surface area contributed by atoms with E-state index in [0.29, 0.717) is 6.04 Å². The second-order valence-corrected chi connectivity index (χ2v) is 5.29. The number of benzene rings is 1. The van der Waals surface area contributed by atoms with Gasteiger partial charge in [-0.25, -0.2) is 0 Å². The Morgan fingerprint density at radius 2 is 1.94 bits per heavy atom. The molecule has 0 amide bonds. The van der Waals surface area contributed by atoms with Gasteiger partial charge in [0.05, 0.1) is 7.11 Å². The molecular formula is C14H23NOS. The highest BCUT2D eigenvalue weighted by Crippen LogP contribution is 2.34. The Morgan fingerprint density at radius 1 is 1.29 bits per heavy atom. The van der Waals surface area contributed by atoms with Crippen LogP contribution in [0.2, 0.25) is 0 Å². The molecule has 17 heavy (non-hydrogen) atoms. The lowest BCUT2D eigenvalue weighted by Crippen LogP contribution is -2.21. The summed E-state index contributed by atoms with van der Waals surface area (Å²) < 4.78 is 5.62. The van der Waals surface area contributed by atoms with Crippen molar-refractivity contribution in [2.24, 2.45) is 0 Å². The van der Waals surface area contributed by atoms with Crippen molar-refractivity contribution in [1.82, 2.24) is 5.32 Å². The molecule has 0 spiro atoms. The Hall–Kier alpha value is -0.670. The molecule has 0 aliphatic rings. The van der Waals surface area contributed by atoms with E-state index in [0.717, 1.165) is 11.5 Å². The second kappa shape index (κ2) is 6.31. The third kappa shape index (κ3) is 2.96. The van der Waals surface area contributed by atoms with E-state index in [2.05, 4.69) is 38.4 Å². The van der Waals surface area contributed by atoms with Gasteiger partial charge in [-0.2, -0.15) is 11.8 Å². The molecule has 1 N–H and O–H groups in total. The Balaban J connectivity index is 3.34. The van der Waals surface area contributed by atoms with E-state index in [-0.39, 0.29) is 0 Å². The number of aryl methyl sites for hydroxylation is 2. The molecule has 0 saturated heterocycles. The van der Waals surface area contributed by atoms with Crippen LogP contribution in [-0.2, 0) is 0 Å². The van der Waals surface area contributed by atoms with Gasteiger partial charge in [0.25, 0.3) is 0 Å². The zero-order valence-corrected chi connectivity index (χ0v) is 12.5. The van der Waals surface area contributed by atoms with Gasteiger partial charge < -0.3 is 10.1 Å². The fourth-order valence-electron chi connectivity index (χ4n) is 2.24. The zero-order chi connectivity index (χ0) is 13.0. The number of methoxy groups -OCH3 is 1. The number of hydrogen-bond acceptors (Lipinski definition) is 3. The van der Waals surface area contributed by atoms with E-state index < -0.39 is 0 Å². The Kier molecular flexibility index (Phi) is 5.34. The summed E-state index contributed by atoms with van der Waals surface area (Å²) in [5.74, 6) is 2.09. The normalized spacial score (nSPS) is 12.6. The first-order valence-corrected chi connectivity index (χ1v) is 7.27. The molecule has 0 aromatic heterocycles. The van der Waals surface area contributed by atoms with Crippen LogP contribution in [0, 0.1) is 20.8 Å². The summed E-state index contributed by atoms with van der Waals surface area (Å²) in [6.07, 6.45) is 2.13. The van der Waals surface area contributed by atoms with Crippen molar-refractivity contribution in [3.63, 3.8) is 0 Å². The van der Waals surface area contributed by atoms with Crippen molar-refractivity contribution < 1.29 is 4.74 Å². The molecular weight excluding hydrogens is 230 g/mol. The summed E-state index contributed by atoms with van der Waals surface area (Å²) in [5.41, 5.74) is 5.14. The van der Waals surface area contributed by atoms with Gasteiger partial charge in [0.1, 0.15) is 5.75 Å². The summed E-state index contributed by atoms with van der Waals surface area (Å²) in [4.78, 5) is 0. The molecule has 0 aliphatic carbocycles. The van der Waals surface area contributed by atoms with Gasteiger partial charge in [-0.3, -0.25) is 0 Å². The Labute approximate surface area is 109 Å². The first-order chi connectivity index (χ1) is 8.06. The van der Waals surface area contributed by atoms with E-state index in [1.807, 2.05) is 18.8 Å². The predicted molar refractivity (Wildman–Crippen MR) is 77.4 cm³/mol. The van der Waals surface area contributed by atoms with Crippen LogP contribution < -0.4 is 10.1 Å². The van der Waals surface area contributed by atoms with Crippen LogP contribution in [0.1, 0.15) is 28.3 Å². The van der Waals surface area contributed by atoms with Gasteiger partial charge >= 0.3 is 0 Å². The van der Waals surface area contributed by atoms with Gasteiger partial charge in [-0.15, -0.1) is 0 Å². The lowest BCUT2D eigenvalue weighted by Gasteiger charge is -2.23. The maximum absolute atomic E-state index is 5.62. The van der Waals surface area contributed by atoms with Crippen molar-refractivity contribution in [2.75, 3.05) is 26.2 Å². The third-order valence-electron chi connectivity index (χ3n) is 3.27. The van der Waals surface area contributed by atoms with Crippen molar-refractivity contribution in [1.29, 1.82) is 0 Å². The highest BCUT2D eigenvalue weighted by molar-refractivity contribution is 7.98. The molecule has 0 heterocycles. The van der Waals surface area contributed by atoms with E-state index >= 15 is 0 Å². The fraction of sp³-hybridized carbons (Fsp3) is 0.571. The Bertz CT molecular complexity index is 390. The zero-order valence-electron chi connectivity index (χ0n) is 11.7. The van der Waals surface area contributed by atoms with E-state index in [9.17, 15) is 0 Å². The second-order valence-electron chi connectivity index (χ2n) is 4.38. The minimum atomic E-state index is 0.347. The molecule has 0 aliphatic heterocycles.